The summed E-state index contributed by atoms with van der Waals surface area (Å²) in [6, 6.07) is 11.3. The lowest BCUT2D eigenvalue weighted by Crippen LogP contribution is -2.35. The smallest absolute Gasteiger partial charge is 0.305 e. The molecular formula is C31H34N6O5. The summed E-state index contributed by atoms with van der Waals surface area (Å²) in [5.41, 5.74) is 2.71. The maximum atomic E-state index is 13.3. The van der Waals surface area contributed by atoms with Crippen molar-refractivity contribution in [3.05, 3.63) is 83.9 Å². The summed E-state index contributed by atoms with van der Waals surface area (Å²) in [5.74, 6) is -1.72. The van der Waals surface area contributed by atoms with Crippen LogP contribution in [0.1, 0.15) is 64.4 Å². The van der Waals surface area contributed by atoms with E-state index >= 15 is 0 Å². The van der Waals surface area contributed by atoms with Crippen molar-refractivity contribution in [3.8, 4) is 0 Å². The minimum atomic E-state index is -1.05. The number of carbonyl (C=O) groups is 4. The van der Waals surface area contributed by atoms with E-state index in [1.807, 2.05) is 4.90 Å². The molecule has 42 heavy (non-hydrogen) atoms. The van der Waals surface area contributed by atoms with Crippen molar-refractivity contribution in [2.24, 2.45) is 5.92 Å². The van der Waals surface area contributed by atoms with E-state index in [1.165, 1.54) is 6.20 Å². The van der Waals surface area contributed by atoms with E-state index in [-0.39, 0.29) is 24.2 Å². The molecule has 1 atom stereocenters. The minimum Gasteiger partial charge on any atom is -0.481 e. The molecular weight excluding hydrogens is 536 g/mol. The highest BCUT2D eigenvalue weighted by Gasteiger charge is 2.28. The van der Waals surface area contributed by atoms with E-state index in [2.05, 4.69) is 25.5 Å². The van der Waals surface area contributed by atoms with Crippen molar-refractivity contribution >= 4 is 35.1 Å². The van der Waals surface area contributed by atoms with Gasteiger partial charge in [0.15, 0.2) is 0 Å². The summed E-state index contributed by atoms with van der Waals surface area (Å²) in [6.45, 7) is 2.30. The number of rotatable bonds is 9. The van der Waals surface area contributed by atoms with Crippen LogP contribution in [0, 0.1) is 5.92 Å². The third-order valence-electron chi connectivity index (χ3n) is 7.80. The zero-order valence-electron chi connectivity index (χ0n) is 23.2. The number of pyridine rings is 2. The molecule has 218 valence electrons. The van der Waals surface area contributed by atoms with Crippen LogP contribution in [0.25, 0.3) is 0 Å². The van der Waals surface area contributed by atoms with Gasteiger partial charge in [0.05, 0.1) is 29.4 Å². The summed E-state index contributed by atoms with van der Waals surface area (Å²) in [6.07, 6.45) is 9.41. The van der Waals surface area contributed by atoms with Crippen LogP contribution in [0.2, 0.25) is 0 Å². The second-order valence-electron chi connectivity index (χ2n) is 10.6. The first-order valence-electron chi connectivity index (χ1n) is 14.2. The van der Waals surface area contributed by atoms with Gasteiger partial charge < -0.3 is 25.5 Å². The Morgan fingerprint density at radius 1 is 0.905 bits per heavy atom. The number of carbonyl (C=O) groups excluding carboxylic acids is 3. The van der Waals surface area contributed by atoms with Gasteiger partial charge in [-0.15, -0.1) is 0 Å². The van der Waals surface area contributed by atoms with Crippen LogP contribution < -0.4 is 15.5 Å². The Labute approximate surface area is 244 Å². The number of hydrogen-bond acceptors (Lipinski definition) is 7. The predicted molar refractivity (Wildman–Crippen MR) is 156 cm³/mol. The fourth-order valence-electron chi connectivity index (χ4n) is 5.24. The fourth-order valence-corrected chi connectivity index (χ4v) is 5.24. The monoisotopic (exact) mass is 570 g/mol. The van der Waals surface area contributed by atoms with Gasteiger partial charge in [0.2, 0.25) is 5.91 Å². The SMILES string of the molecule is O=C(O)CC(NC(=O)c1ccc(N2CCCN(C(=O)c3cccnc3)CC2)c(NC(=O)C2CCC2)c1)c1cccnc1. The lowest BCUT2D eigenvalue weighted by atomic mass is 9.85. The average Bonchev–Trinajstić information content (AvgIpc) is 3.22. The van der Waals surface area contributed by atoms with Crippen molar-refractivity contribution in [1.29, 1.82) is 0 Å². The molecule has 3 amide bonds. The molecule has 0 radical (unpaired) electrons. The van der Waals surface area contributed by atoms with Crippen molar-refractivity contribution in [2.75, 3.05) is 36.4 Å². The number of nitrogens with zero attached hydrogens (tertiary/aromatic N) is 4. The highest BCUT2D eigenvalue weighted by Crippen LogP contribution is 2.32. The van der Waals surface area contributed by atoms with Gasteiger partial charge in [0.25, 0.3) is 11.8 Å². The number of amides is 3. The number of aliphatic carboxylic acids is 1. The summed E-state index contributed by atoms with van der Waals surface area (Å²) < 4.78 is 0. The number of aromatic nitrogens is 2. The van der Waals surface area contributed by atoms with Crippen LogP contribution in [0.3, 0.4) is 0 Å². The Morgan fingerprint density at radius 3 is 2.36 bits per heavy atom. The number of carboxylic acid groups (broad SMARTS) is 1. The third kappa shape index (κ3) is 6.91. The van der Waals surface area contributed by atoms with Crippen LogP contribution in [0.15, 0.2) is 67.3 Å². The van der Waals surface area contributed by atoms with E-state index in [1.54, 1.807) is 61.1 Å². The normalized spacial score (nSPS) is 16.1. The van der Waals surface area contributed by atoms with Crippen LogP contribution in [0.4, 0.5) is 11.4 Å². The van der Waals surface area contributed by atoms with Gasteiger partial charge in [-0.05, 0) is 61.2 Å². The van der Waals surface area contributed by atoms with Gasteiger partial charge in [0.1, 0.15) is 0 Å². The van der Waals surface area contributed by atoms with Crippen LogP contribution in [-0.2, 0) is 9.59 Å². The number of nitrogens with one attached hydrogen (secondary N) is 2. The molecule has 3 N–H and O–H groups in total. The molecule has 3 aromatic rings. The second kappa shape index (κ2) is 13.2. The van der Waals surface area contributed by atoms with Gasteiger partial charge in [-0.1, -0.05) is 12.5 Å². The first-order valence-corrected chi connectivity index (χ1v) is 14.2. The van der Waals surface area contributed by atoms with Gasteiger partial charge in [-0.3, -0.25) is 29.1 Å². The molecule has 3 heterocycles. The Morgan fingerprint density at radius 2 is 1.69 bits per heavy atom. The Hall–Kier alpha value is -4.80. The van der Waals surface area contributed by atoms with Gasteiger partial charge in [-0.25, -0.2) is 0 Å². The highest BCUT2D eigenvalue weighted by atomic mass is 16.4. The molecule has 1 saturated heterocycles. The number of hydrogen-bond donors (Lipinski definition) is 3. The molecule has 2 aliphatic rings. The summed E-state index contributed by atoms with van der Waals surface area (Å²) >= 11 is 0. The summed E-state index contributed by atoms with van der Waals surface area (Å²) in [4.78, 5) is 62.9. The molecule has 1 aromatic carbocycles. The predicted octanol–water partition coefficient (Wildman–Crippen LogP) is 3.51. The molecule has 11 nitrogen and oxygen atoms in total. The van der Waals surface area contributed by atoms with E-state index in [0.29, 0.717) is 48.6 Å². The standard InChI is InChI=1S/C31H34N6O5/c38-28(39)18-25(23-7-2-11-32-19-23)34-30(41)22-9-10-27(26(17-22)35-29(40)21-5-1-6-21)36-13-4-14-37(16-15-36)31(42)24-8-3-12-33-20-24/h2-3,7-12,17,19-21,25H,1,4-6,13-16,18H2,(H,34,41)(H,35,40)(H,38,39). The second-order valence-corrected chi connectivity index (χ2v) is 10.6. The van der Waals surface area contributed by atoms with Crippen molar-refractivity contribution in [1.82, 2.24) is 20.2 Å². The molecule has 1 aliphatic carbocycles. The topological polar surface area (TPSA) is 145 Å². The lowest BCUT2D eigenvalue weighted by molar-refractivity contribution is -0.137. The van der Waals surface area contributed by atoms with Crippen LogP contribution in [-0.4, -0.2) is 69.8 Å². The lowest BCUT2D eigenvalue weighted by Gasteiger charge is -2.29. The van der Waals surface area contributed by atoms with Gasteiger partial charge >= 0.3 is 5.97 Å². The zero-order chi connectivity index (χ0) is 29.5. The Balaban J connectivity index is 1.36. The quantitative estimate of drug-likeness (QED) is 0.355. The Kier molecular flexibility index (Phi) is 9.05. The number of carboxylic acids is 1. The molecule has 11 heteroatoms. The summed E-state index contributed by atoms with van der Waals surface area (Å²) in [5, 5.41) is 15.3. The van der Waals surface area contributed by atoms with Crippen molar-refractivity contribution in [3.63, 3.8) is 0 Å². The first kappa shape index (κ1) is 28.7. The molecule has 0 bridgehead atoms. The van der Waals surface area contributed by atoms with Gasteiger partial charge in [0, 0.05) is 62.4 Å². The molecule has 2 aromatic heterocycles. The highest BCUT2D eigenvalue weighted by molar-refractivity contribution is 6.01. The number of benzene rings is 1. The largest absolute Gasteiger partial charge is 0.481 e. The fraction of sp³-hybridized carbons (Fsp3) is 0.355. The van der Waals surface area contributed by atoms with E-state index in [0.717, 1.165) is 31.4 Å². The molecule has 1 unspecified atom stereocenters. The molecule has 2 fully saturated rings. The number of anilines is 2. The molecule has 1 aliphatic heterocycles. The summed E-state index contributed by atoms with van der Waals surface area (Å²) in [7, 11) is 0. The van der Waals surface area contributed by atoms with Crippen LogP contribution >= 0.6 is 0 Å². The Bertz CT molecular complexity index is 1430. The van der Waals surface area contributed by atoms with Crippen molar-refractivity contribution in [2.45, 2.75) is 38.1 Å². The molecule has 5 rings (SSSR count). The molecule has 0 spiro atoms. The van der Waals surface area contributed by atoms with Gasteiger partial charge in [-0.2, -0.15) is 0 Å². The maximum absolute atomic E-state index is 13.3. The minimum absolute atomic E-state index is 0.0578. The van der Waals surface area contributed by atoms with E-state index in [4.69, 9.17) is 0 Å². The zero-order valence-corrected chi connectivity index (χ0v) is 23.2. The third-order valence-corrected chi connectivity index (χ3v) is 7.80. The first-order chi connectivity index (χ1) is 20.4. The van der Waals surface area contributed by atoms with E-state index < -0.39 is 17.9 Å². The maximum Gasteiger partial charge on any atom is 0.305 e. The molecule has 1 saturated carbocycles. The van der Waals surface area contributed by atoms with Crippen molar-refractivity contribution < 1.29 is 24.3 Å². The van der Waals surface area contributed by atoms with E-state index in [9.17, 15) is 24.3 Å². The van der Waals surface area contributed by atoms with Crippen LogP contribution in [0.5, 0.6) is 0 Å². The average molecular weight is 571 g/mol.